The number of anilines is 1. The number of nitrogens with one attached hydrogen (secondary N) is 1. The third-order valence-electron chi connectivity index (χ3n) is 4.06. The Morgan fingerprint density at radius 1 is 1.21 bits per heavy atom. The summed E-state index contributed by atoms with van der Waals surface area (Å²) in [5, 5.41) is 2.95. The topological polar surface area (TPSA) is 65.5 Å². The zero-order chi connectivity index (χ0) is 21.6. The van der Waals surface area contributed by atoms with Crippen LogP contribution in [-0.4, -0.2) is 36.6 Å². The molecule has 0 aliphatic rings. The third kappa shape index (κ3) is 6.12. The Bertz CT molecular complexity index is 834. The maximum Gasteiger partial charge on any atom is 0.573 e. The lowest BCUT2D eigenvalue weighted by Crippen LogP contribution is -2.17. The molecule has 10 heteroatoms. The minimum Gasteiger partial charge on any atom is -0.496 e. The van der Waals surface area contributed by atoms with E-state index in [1.54, 1.807) is 7.05 Å². The first-order valence-corrected chi connectivity index (χ1v) is 9.87. The second kappa shape index (κ2) is 10.00. The standard InChI is InChI=1S/C19H23BrF3N3O3/c1-5-7-11(6-2)28-18-17(24-3)25-15(16(20)26-18)13-9-8-12(10-14(13)27-4)29-19(21,22)23/h8-11H,5-7H2,1-4H3,(H,24,25)/t11-/m0/s1. The highest BCUT2D eigenvalue weighted by Crippen LogP contribution is 2.39. The molecule has 1 heterocycles. The van der Waals surface area contributed by atoms with Gasteiger partial charge in [-0.1, -0.05) is 20.3 Å². The van der Waals surface area contributed by atoms with E-state index in [2.05, 4.69) is 42.9 Å². The molecule has 1 aromatic carbocycles. The van der Waals surface area contributed by atoms with Gasteiger partial charge in [0.1, 0.15) is 27.9 Å². The van der Waals surface area contributed by atoms with Crippen molar-refractivity contribution >= 4 is 21.7 Å². The molecule has 6 nitrogen and oxygen atoms in total. The van der Waals surface area contributed by atoms with Crippen molar-refractivity contribution in [2.24, 2.45) is 0 Å². The molecule has 2 aromatic rings. The molecule has 0 fully saturated rings. The van der Waals surface area contributed by atoms with E-state index in [4.69, 9.17) is 9.47 Å². The number of hydrogen-bond donors (Lipinski definition) is 1. The first-order chi connectivity index (χ1) is 13.7. The number of methoxy groups -OCH3 is 1. The SMILES string of the molecule is CCC[C@H](CC)Oc1nc(Br)c(-c2ccc(OC(F)(F)F)cc2OC)nc1NC. The van der Waals surface area contributed by atoms with Crippen molar-refractivity contribution in [3.05, 3.63) is 22.8 Å². The van der Waals surface area contributed by atoms with Gasteiger partial charge in [-0.15, -0.1) is 13.2 Å². The molecule has 0 spiro atoms. The molecule has 1 atom stereocenters. The summed E-state index contributed by atoms with van der Waals surface area (Å²) in [7, 11) is 3.04. The van der Waals surface area contributed by atoms with E-state index >= 15 is 0 Å². The molecular weight excluding hydrogens is 455 g/mol. The van der Waals surface area contributed by atoms with E-state index in [0.717, 1.165) is 25.3 Å². The lowest BCUT2D eigenvalue weighted by molar-refractivity contribution is -0.274. The number of rotatable bonds is 9. The van der Waals surface area contributed by atoms with Crippen LogP contribution in [0.2, 0.25) is 0 Å². The number of alkyl halides is 3. The van der Waals surface area contributed by atoms with E-state index in [9.17, 15) is 13.2 Å². The van der Waals surface area contributed by atoms with Gasteiger partial charge in [0.25, 0.3) is 5.88 Å². The Labute approximate surface area is 175 Å². The van der Waals surface area contributed by atoms with Crippen LogP contribution in [0.25, 0.3) is 11.3 Å². The summed E-state index contributed by atoms with van der Waals surface area (Å²) in [6.07, 6.45) is -2.10. The molecule has 0 aliphatic carbocycles. The first-order valence-electron chi connectivity index (χ1n) is 9.08. The maximum atomic E-state index is 12.5. The summed E-state index contributed by atoms with van der Waals surface area (Å²) in [5.41, 5.74) is 0.839. The van der Waals surface area contributed by atoms with Crippen LogP contribution < -0.4 is 19.5 Å². The van der Waals surface area contributed by atoms with Crippen LogP contribution in [0, 0.1) is 0 Å². The number of hydrogen-bond acceptors (Lipinski definition) is 6. The summed E-state index contributed by atoms with van der Waals surface area (Å²) >= 11 is 3.38. The smallest absolute Gasteiger partial charge is 0.496 e. The molecule has 1 aromatic heterocycles. The van der Waals surface area contributed by atoms with E-state index in [1.165, 1.54) is 19.2 Å². The van der Waals surface area contributed by atoms with Crippen LogP contribution in [0.1, 0.15) is 33.1 Å². The highest BCUT2D eigenvalue weighted by Gasteiger charge is 2.31. The van der Waals surface area contributed by atoms with Crippen LogP contribution in [0.15, 0.2) is 22.8 Å². The zero-order valence-corrected chi connectivity index (χ0v) is 18.1. The van der Waals surface area contributed by atoms with E-state index in [0.29, 0.717) is 27.6 Å². The van der Waals surface area contributed by atoms with Crippen molar-refractivity contribution in [3.63, 3.8) is 0 Å². The van der Waals surface area contributed by atoms with E-state index in [-0.39, 0.29) is 17.6 Å². The number of aromatic nitrogens is 2. The van der Waals surface area contributed by atoms with Gasteiger partial charge in [0.2, 0.25) is 0 Å². The van der Waals surface area contributed by atoms with Crippen LogP contribution in [0.4, 0.5) is 19.0 Å². The number of nitrogens with zero attached hydrogens (tertiary/aromatic N) is 2. The normalized spacial score (nSPS) is 12.4. The minimum absolute atomic E-state index is 0.00693. The van der Waals surface area contributed by atoms with Crippen molar-refractivity contribution in [2.45, 2.75) is 45.6 Å². The largest absolute Gasteiger partial charge is 0.573 e. The average Bonchev–Trinajstić information content (AvgIpc) is 2.66. The predicted molar refractivity (Wildman–Crippen MR) is 108 cm³/mol. The van der Waals surface area contributed by atoms with Crippen molar-refractivity contribution < 1.29 is 27.4 Å². The number of ether oxygens (including phenoxy) is 3. The monoisotopic (exact) mass is 477 g/mol. The van der Waals surface area contributed by atoms with Gasteiger partial charge in [-0.25, -0.2) is 9.97 Å². The molecule has 0 aliphatic heterocycles. The lowest BCUT2D eigenvalue weighted by atomic mass is 10.1. The second-order valence-electron chi connectivity index (χ2n) is 6.11. The Morgan fingerprint density at radius 3 is 2.48 bits per heavy atom. The number of halogens is 4. The fraction of sp³-hybridized carbons (Fsp3) is 0.474. The van der Waals surface area contributed by atoms with Gasteiger partial charge in [-0.2, -0.15) is 0 Å². The second-order valence-corrected chi connectivity index (χ2v) is 6.86. The van der Waals surface area contributed by atoms with Crippen molar-refractivity contribution in [2.75, 3.05) is 19.5 Å². The summed E-state index contributed by atoms with van der Waals surface area (Å²) in [6.45, 7) is 4.11. The third-order valence-corrected chi connectivity index (χ3v) is 4.62. The molecular formula is C19H23BrF3N3O3. The van der Waals surface area contributed by atoms with Crippen LogP contribution in [0.5, 0.6) is 17.4 Å². The molecule has 0 saturated carbocycles. The van der Waals surface area contributed by atoms with Gasteiger partial charge in [0, 0.05) is 18.7 Å². The molecule has 0 bridgehead atoms. The van der Waals surface area contributed by atoms with Gasteiger partial charge < -0.3 is 19.5 Å². The predicted octanol–water partition coefficient (Wildman–Crippen LogP) is 5.81. The number of benzene rings is 1. The van der Waals surface area contributed by atoms with Crippen LogP contribution >= 0.6 is 15.9 Å². The molecule has 0 saturated heterocycles. The van der Waals surface area contributed by atoms with E-state index in [1.807, 2.05) is 6.92 Å². The highest BCUT2D eigenvalue weighted by atomic mass is 79.9. The van der Waals surface area contributed by atoms with Gasteiger partial charge in [-0.05, 0) is 40.9 Å². The molecule has 29 heavy (non-hydrogen) atoms. The molecule has 0 unspecified atom stereocenters. The summed E-state index contributed by atoms with van der Waals surface area (Å²) in [6, 6.07) is 3.77. The van der Waals surface area contributed by atoms with Gasteiger partial charge in [0.05, 0.1) is 7.11 Å². The van der Waals surface area contributed by atoms with Gasteiger partial charge in [0.15, 0.2) is 5.82 Å². The van der Waals surface area contributed by atoms with Crippen molar-refractivity contribution in [3.8, 4) is 28.6 Å². The Morgan fingerprint density at radius 2 is 1.93 bits per heavy atom. The van der Waals surface area contributed by atoms with E-state index < -0.39 is 6.36 Å². The molecule has 2 rings (SSSR count). The Balaban J connectivity index is 2.44. The van der Waals surface area contributed by atoms with Crippen molar-refractivity contribution in [1.82, 2.24) is 9.97 Å². The van der Waals surface area contributed by atoms with Crippen LogP contribution in [-0.2, 0) is 0 Å². The van der Waals surface area contributed by atoms with Gasteiger partial charge in [-0.3, -0.25) is 0 Å². The average molecular weight is 478 g/mol. The fourth-order valence-electron chi connectivity index (χ4n) is 2.71. The maximum absolute atomic E-state index is 12.5. The summed E-state index contributed by atoms with van der Waals surface area (Å²) in [5.74, 6) is 0.533. The Hall–Kier alpha value is -2.23. The summed E-state index contributed by atoms with van der Waals surface area (Å²) in [4.78, 5) is 8.98. The molecule has 160 valence electrons. The highest BCUT2D eigenvalue weighted by molar-refractivity contribution is 9.10. The first kappa shape index (κ1) is 23.1. The van der Waals surface area contributed by atoms with Crippen LogP contribution in [0.3, 0.4) is 0 Å². The molecule has 1 N–H and O–H groups in total. The molecule has 0 radical (unpaired) electrons. The van der Waals surface area contributed by atoms with Crippen molar-refractivity contribution in [1.29, 1.82) is 0 Å². The molecule has 0 amide bonds. The van der Waals surface area contributed by atoms with Gasteiger partial charge >= 0.3 is 6.36 Å². The zero-order valence-electron chi connectivity index (χ0n) is 16.6. The quantitative estimate of drug-likeness (QED) is 0.491. The summed E-state index contributed by atoms with van der Waals surface area (Å²) < 4.78 is 53.0. The minimum atomic E-state index is -4.79. The fourth-order valence-corrected chi connectivity index (χ4v) is 3.17. The lowest BCUT2D eigenvalue weighted by Gasteiger charge is -2.19. The Kier molecular flexibility index (Phi) is 7.95.